The molecule has 0 atom stereocenters. The topological polar surface area (TPSA) is 42.7 Å². The highest BCUT2D eigenvalue weighted by Crippen LogP contribution is 2.36. The Morgan fingerprint density at radius 2 is 1.65 bits per heavy atom. The second-order valence-electron chi connectivity index (χ2n) is 6.30. The Labute approximate surface area is 154 Å². The number of ether oxygens (including phenoxy) is 1. The zero-order valence-corrected chi connectivity index (χ0v) is 14.5. The van der Waals surface area contributed by atoms with Gasteiger partial charge in [0.1, 0.15) is 11.3 Å². The molecule has 0 saturated carbocycles. The first kappa shape index (κ1) is 15.3. The fourth-order valence-corrected chi connectivity index (χ4v) is 3.59. The molecule has 2 heterocycles. The Bertz CT molecular complexity index is 1200. The van der Waals surface area contributed by atoms with Crippen molar-refractivity contribution in [2.75, 3.05) is 11.6 Å². The van der Waals surface area contributed by atoms with E-state index in [1.165, 1.54) is 0 Å². The average molecular weight is 364 g/mol. The predicted octanol–water partition coefficient (Wildman–Crippen LogP) is 4.96. The molecule has 5 heteroatoms. The number of hydrogen-bond donors (Lipinski definition) is 0. The van der Waals surface area contributed by atoms with Crippen LogP contribution in [0.1, 0.15) is 5.56 Å². The van der Waals surface area contributed by atoms with Crippen molar-refractivity contribution in [1.82, 2.24) is 0 Å². The molecule has 0 unspecified atom stereocenters. The predicted molar refractivity (Wildman–Crippen MR) is 103 cm³/mol. The Morgan fingerprint density at radius 1 is 0.885 bits per heavy atom. The average Bonchev–Trinajstić information content (AvgIpc) is 2.68. The normalized spacial score (nSPS) is 13.7. The summed E-state index contributed by atoms with van der Waals surface area (Å²) in [6.07, 6.45) is 0. The van der Waals surface area contributed by atoms with E-state index in [9.17, 15) is 4.79 Å². The van der Waals surface area contributed by atoms with Gasteiger partial charge in [0.05, 0.1) is 17.5 Å². The molecule has 1 aromatic heterocycles. The standard InChI is InChI=1S/C21H14ClNO3/c22-13-5-7-14(8-6-13)23-11-18-19(25-12-23)10-9-16-15-3-1-2-4-17(15)21(24)26-20(16)18/h1-10H,11-12H2. The van der Waals surface area contributed by atoms with Gasteiger partial charge in [-0.3, -0.25) is 0 Å². The van der Waals surface area contributed by atoms with Gasteiger partial charge in [0.15, 0.2) is 6.73 Å². The van der Waals surface area contributed by atoms with E-state index >= 15 is 0 Å². The molecule has 0 spiro atoms. The van der Waals surface area contributed by atoms with Crippen LogP contribution >= 0.6 is 11.6 Å². The van der Waals surface area contributed by atoms with Gasteiger partial charge in [-0.05, 0) is 47.9 Å². The molecule has 1 aliphatic heterocycles. The van der Waals surface area contributed by atoms with Crippen molar-refractivity contribution < 1.29 is 9.15 Å². The molecule has 128 valence electrons. The highest BCUT2D eigenvalue weighted by Gasteiger charge is 2.22. The Balaban J connectivity index is 1.70. The molecule has 0 amide bonds. The smallest absolute Gasteiger partial charge is 0.344 e. The van der Waals surface area contributed by atoms with Gasteiger partial charge in [-0.2, -0.15) is 0 Å². The van der Waals surface area contributed by atoms with Gasteiger partial charge in [0.2, 0.25) is 0 Å². The summed E-state index contributed by atoms with van der Waals surface area (Å²) in [7, 11) is 0. The number of nitrogens with zero attached hydrogens (tertiary/aromatic N) is 1. The summed E-state index contributed by atoms with van der Waals surface area (Å²) in [5.74, 6) is 0.751. The summed E-state index contributed by atoms with van der Waals surface area (Å²) in [4.78, 5) is 14.5. The van der Waals surface area contributed by atoms with E-state index in [-0.39, 0.29) is 5.63 Å². The van der Waals surface area contributed by atoms with E-state index in [2.05, 4.69) is 4.90 Å². The van der Waals surface area contributed by atoms with Crippen LogP contribution in [0.2, 0.25) is 5.02 Å². The first-order valence-corrected chi connectivity index (χ1v) is 8.69. The molecular weight excluding hydrogens is 350 g/mol. The van der Waals surface area contributed by atoms with Crippen LogP contribution in [0.15, 0.2) is 69.9 Å². The number of anilines is 1. The monoisotopic (exact) mass is 363 g/mol. The van der Waals surface area contributed by atoms with Crippen molar-refractivity contribution in [3.63, 3.8) is 0 Å². The fraction of sp³-hybridized carbons (Fsp3) is 0.0952. The molecule has 0 bridgehead atoms. The van der Waals surface area contributed by atoms with Crippen LogP contribution in [-0.4, -0.2) is 6.73 Å². The van der Waals surface area contributed by atoms with Crippen LogP contribution in [0, 0.1) is 0 Å². The van der Waals surface area contributed by atoms with Crippen LogP contribution in [-0.2, 0) is 6.54 Å². The zero-order chi connectivity index (χ0) is 17.7. The maximum Gasteiger partial charge on any atom is 0.344 e. The maximum absolute atomic E-state index is 12.4. The number of halogens is 1. The lowest BCUT2D eigenvalue weighted by molar-refractivity contribution is 0.289. The molecule has 5 rings (SSSR count). The van der Waals surface area contributed by atoms with Gasteiger partial charge < -0.3 is 14.1 Å². The number of benzene rings is 3. The minimum absolute atomic E-state index is 0.329. The molecule has 0 aliphatic carbocycles. The van der Waals surface area contributed by atoms with E-state index in [1.807, 2.05) is 54.6 Å². The van der Waals surface area contributed by atoms with E-state index in [0.29, 0.717) is 29.3 Å². The highest BCUT2D eigenvalue weighted by atomic mass is 35.5. The van der Waals surface area contributed by atoms with Gasteiger partial charge >= 0.3 is 5.63 Å². The van der Waals surface area contributed by atoms with Crippen molar-refractivity contribution in [3.05, 3.63) is 81.7 Å². The van der Waals surface area contributed by atoms with Gasteiger partial charge in [0, 0.05) is 16.1 Å². The van der Waals surface area contributed by atoms with Crippen LogP contribution < -0.4 is 15.3 Å². The lowest BCUT2D eigenvalue weighted by atomic mass is 10.0. The Hall–Kier alpha value is -2.98. The molecule has 1 aliphatic rings. The zero-order valence-electron chi connectivity index (χ0n) is 13.7. The lowest BCUT2D eigenvalue weighted by Crippen LogP contribution is -2.32. The third kappa shape index (κ3) is 2.34. The molecule has 0 radical (unpaired) electrons. The molecular formula is C21H14ClNO3. The van der Waals surface area contributed by atoms with Crippen LogP contribution in [0.25, 0.3) is 21.7 Å². The molecule has 0 fully saturated rings. The van der Waals surface area contributed by atoms with Crippen LogP contribution in [0.4, 0.5) is 5.69 Å². The third-order valence-electron chi connectivity index (χ3n) is 4.77. The lowest BCUT2D eigenvalue weighted by Gasteiger charge is -2.31. The van der Waals surface area contributed by atoms with Crippen molar-refractivity contribution in [2.24, 2.45) is 0 Å². The third-order valence-corrected chi connectivity index (χ3v) is 5.02. The van der Waals surface area contributed by atoms with E-state index in [4.69, 9.17) is 20.8 Å². The van der Waals surface area contributed by atoms with Crippen molar-refractivity contribution >= 4 is 39.0 Å². The minimum Gasteiger partial charge on any atom is -0.473 e. The minimum atomic E-state index is -0.329. The van der Waals surface area contributed by atoms with Crippen LogP contribution in [0.5, 0.6) is 5.75 Å². The highest BCUT2D eigenvalue weighted by molar-refractivity contribution is 6.30. The Morgan fingerprint density at radius 3 is 2.46 bits per heavy atom. The first-order chi connectivity index (χ1) is 12.7. The second kappa shape index (κ2) is 5.78. The summed E-state index contributed by atoms with van der Waals surface area (Å²) >= 11 is 5.98. The fourth-order valence-electron chi connectivity index (χ4n) is 3.47. The second-order valence-corrected chi connectivity index (χ2v) is 6.74. The van der Waals surface area contributed by atoms with Gasteiger partial charge in [-0.25, -0.2) is 4.79 Å². The number of fused-ring (bicyclic) bond motifs is 5. The molecule has 4 nitrogen and oxygen atoms in total. The Kier molecular flexibility index (Phi) is 3.40. The summed E-state index contributed by atoms with van der Waals surface area (Å²) in [6.45, 7) is 1.02. The largest absolute Gasteiger partial charge is 0.473 e. The van der Waals surface area contributed by atoms with Crippen molar-refractivity contribution in [1.29, 1.82) is 0 Å². The van der Waals surface area contributed by atoms with E-state index in [1.54, 1.807) is 6.07 Å². The van der Waals surface area contributed by atoms with E-state index < -0.39 is 0 Å². The quantitative estimate of drug-likeness (QED) is 0.354. The molecule has 3 aromatic carbocycles. The van der Waals surface area contributed by atoms with Crippen molar-refractivity contribution in [3.8, 4) is 5.75 Å². The SMILES string of the molecule is O=c1oc2c3c(ccc2c2ccccc12)OCN(c1ccc(Cl)cc1)C3. The molecule has 26 heavy (non-hydrogen) atoms. The summed E-state index contributed by atoms with van der Waals surface area (Å²) in [5.41, 5.74) is 2.14. The number of hydrogen-bond acceptors (Lipinski definition) is 4. The molecule has 0 saturated heterocycles. The van der Waals surface area contributed by atoms with Crippen LogP contribution in [0.3, 0.4) is 0 Å². The summed E-state index contributed by atoms with van der Waals surface area (Å²) < 4.78 is 11.6. The van der Waals surface area contributed by atoms with Crippen molar-refractivity contribution in [2.45, 2.75) is 6.54 Å². The van der Waals surface area contributed by atoms with E-state index in [0.717, 1.165) is 27.8 Å². The van der Waals surface area contributed by atoms with Gasteiger partial charge in [-0.15, -0.1) is 0 Å². The van der Waals surface area contributed by atoms with Gasteiger partial charge in [-0.1, -0.05) is 29.8 Å². The summed E-state index contributed by atoms with van der Waals surface area (Å²) in [5, 5.41) is 3.09. The number of rotatable bonds is 1. The van der Waals surface area contributed by atoms with Gasteiger partial charge in [0.25, 0.3) is 0 Å². The molecule has 4 aromatic rings. The molecule has 0 N–H and O–H groups in total. The maximum atomic E-state index is 12.4. The first-order valence-electron chi connectivity index (χ1n) is 8.31. The summed E-state index contributed by atoms with van der Waals surface area (Å²) in [6, 6.07) is 19.0.